The summed E-state index contributed by atoms with van der Waals surface area (Å²) in [5.74, 6) is -0.285. The SMILES string of the molecule is Cc1ccc(S(=O)(=O)n2cc(-c3ncc(F)c(N[C@@H]4CCNC4)n3)c3cc(Cl)ccc32)cc1. The summed E-state index contributed by atoms with van der Waals surface area (Å²) in [4.78, 5) is 8.69. The van der Waals surface area contributed by atoms with Crippen LogP contribution in [0.4, 0.5) is 10.2 Å². The second kappa shape index (κ2) is 8.40. The molecule has 0 bridgehead atoms. The first-order chi connectivity index (χ1) is 15.8. The van der Waals surface area contributed by atoms with E-state index in [0.717, 1.165) is 24.7 Å². The van der Waals surface area contributed by atoms with E-state index in [0.29, 0.717) is 28.0 Å². The first-order valence-electron chi connectivity index (χ1n) is 10.5. The molecule has 0 aliphatic carbocycles. The van der Waals surface area contributed by atoms with Gasteiger partial charge in [-0.15, -0.1) is 0 Å². The third-order valence-electron chi connectivity index (χ3n) is 5.70. The quantitative estimate of drug-likeness (QED) is 0.440. The van der Waals surface area contributed by atoms with E-state index < -0.39 is 15.8 Å². The van der Waals surface area contributed by atoms with Gasteiger partial charge in [-0.3, -0.25) is 0 Å². The van der Waals surface area contributed by atoms with Gasteiger partial charge in [0.25, 0.3) is 10.0 Å². The van der Waals surface area contributed by atoms with Crippen molar-refractivity contribution in [1.29, 1.82) is 0 Å². The zero-order valence-corrected chi connectivity index (χ0v) is 19.3. The molecule has 2 N–H and O–H groups in total. The number of hydrogen-bond donors (Lipinski definition) is 2. The van der Waals surface area contributed by atoms with Gasteiger partial charge in [0.15, 0.2) is 17.5 Å². The molecule has 1 aliphatic rings. The van der Waals surface area contributed by atoms with Crippen LogP contribution in [-0.2, 0) is 10.0 Å². The molecule has 0 amide bonds. The van der Waals surface area contributed by atoms with E-state index in [9.17, 15) is 12.8 Å². The average Bonchev–Trinajstić information content (AvgIpc) is 3.43. The van der Waals surface area contributed by atoms with Crippen molar-refractivity contribution in [2.24, 2.45) is 0 Å². The van der Waals surface area contributed by atoms with Crippen LogP contribution in [0.2, 0.25) is 5.02 Å². The van der Waals surface area contributed by atoms with Gasteiger partial charge in [0.1, 0.15) is 0 Å². The first-order valence-corrected chi connectivity index (χ1v) is 12.3. The number of aromatic nitrogens is 3. The molecule has 7 nitrogen and oxygen atoms in total. The number of aryl methyl sites for hydroxylation is 1. The maximum atomic E-state index is 14.4. The van der Waals surface area contributed by atoms with E-state index in [4.69, 9.17) is 11.6 Å². The van der Waals surface area contributed by atoms with Crippen LogP contribution in [0.15, 0.2) is 59.8 Å². The number of nitrogens with zero attached hydrogens (tertiary/aromatic N) is 3. The molecule has 0 radical (unpaired) electrons. The lowest BCUT2D eigenvalue weighted by Gasteiger charge is -2.13. The number of anilines is 1. The molecule has 5 rings (SSSR count). The lowest BCUT2D eigenvalue weighted by molar-refractivity contribution is 0.589. The Hall–Kier alpha value is -3.01. The zero-order chi connectivity index (χ0) is 23.2. The Kier molecular flexibility index (Phi) is 5.55. The molecule has 170 valence electrons. The fourth-order valence-electron chi connectivity index (χ4n) is 3.94. The maximum Gasteiger partial charge on any atom is 0.268 e. The number of fused-ring (bicyclic) bond motifs is 1. The van der Waals surface area contributed by atoms with Crippen LogP contribution in [0.5, 0.6) is 0 Å². The smallest absolute Gasteiger partial charge is 0.268 e. The fourth-order valence-corrected chi connectivity index (χ4v) is 5.48. The average molecular weight is 486 g/mol. The molecular formula is C23H21ClFN5O2S. The third kappa shape index (κ3) is 4.07. The molecule has 33 heavy (non-hydrogen) atoms. The van der Waals surface area contributed by atoms with Gasteiger partial charge >= 0.3 is 0 Å². The van der Waals surface area contributed by atoms with Gasteiger partial charge < -0.3 is 10.6 Å². The Morgan fingerprint density at radius 2 is 2.00 bits per heavy atom. The van der Waals surface area contributed by atoms with E-state index in [-0.39, 0.29) is 22.6 Å². The monoisotopic (exact) mass is 485 g/mol. The number of halogens is 2. The highest BCUT2D eigenvalue weighted by Crippen LogP contribution is 2.34. The highest BCUT2D eigenvalue weighted by molar-refractivity contribution is 7.90. The minimum atomic E-state index is -3.90. The van der Waals surface area contributed by atoms with Crippen molar-refractivity contribution in [3.8, 4) is 11.4 Å². The Labute approximate surface area is 195 Å². The topological polar surface area (TPSA) is 88.9 Å². The van der Waals surface area contributed by atoms with E-state index in [2.05, 4.69) is 20.6 Å². The van der Waals surface area contributed by atoms with Gasteiger partial charge in [-0.05, 0) is 50.2 Å². The van der Waals surface area contributed by atoms with Crippen LogP contribution >= 0.6 is 11.6 Å². The first kappa shape index (κ1) is 21.8. The van der Waals surface area contributed by atoms with Crippen molar-refractivity contribution in [3.63, 3.8) is 0 Å². The Balaban J connectivity index is 1.65. The van der Waals surface area contributed by atoms with Crippen molar-refractivity contribution >= 4 is 38.3 Å². The molecule has 0 unspecified atom stereocenters. The molecule has 4 aromatic rings. The Morgan fingerprint density at radius 1 is 1.21 bits per heavy atom. The van der Waals surface area contributed by atoms with Crippen molar-refractivity contribution < 1.29 is 12.8 Å². The van der Waals surface area contributed by atoms with Crippen LogP contribution in [0.3, 0.4) is 0 Å². The van der Waals surface area contributed by atoms with Gasteiger partial charge in [0.2, 0.25) is 0 Å². The van der Waals surface area contributed by atoms with Crippen LogP contribution < -0.4 is 10.6 Å². The molecule has 1 atom stereocenters. The maximum absolute atomic E-state index is 14.4. The highest BCUT2D eigenvalue weighted by Gasteiger charge is 2.24. The second-order valence-corrected chi connectivity index (χ2v) is 10.3. The molecular weight excluding hydrogens is 465 g/mol. The van der Waals surface area contributed by atoms with E-state index >= 15 is 0 Å². The van der Waals surface area contributed by atoms with Crippen molar-refractivity contribution in [2.75, 3.05) is 18.4 Å². The van der Waals surface area contributed by atoms with Crippen molar-refractivity contribution in [3.05, 3.63) is 71.3 Å². The summed E-state index contributed by atoms with van der Waals surface area (Å²) in [5.41, 5.74) is 1.82. The number of hydrogen-bond acceptors (Lipinski definition) is 6. The summed E-state index contributed by atoms with van der Waals surface area (Å²) in [6.45, 7) is 3.45. The zero-order valence-electron chi connectivity index (χ0n) is 17.7. The second-order valence-electron chi connectivity index (χ2n) is 8.04. The van der Waals surface area contributed by atoms with Crippen molar-refractivity contribution in [2.45, 2.75) is 24.3 Å². The lowest BCUT2D eigenvalue weighted by Crippen LogP contribution is -2.23. The molecule has 1 fully saturated rings. The van der Waals surface area contributed by atoms with Gasteiger partial charge in [-0.1, -0.05) is 29.3 Å². The van der Waals surface area contributed by atoms with Gasteiger partial charge in [0, 0.05) is 34.8 Å². The normalized spacial score (nSPS) is 16.4. The molecule has 1 saturated heterocycles. The van der Waals surface area contributed by atoms with Crippen LogP contribution in [0, 0.1) is 12.7 Å². The molecule has 3 heterocycles. The summed E-state index contributed by atoms with van der Waals surface area (Å²) < 4.78 is 42.5. The molecule has 10 heteroatoms. The highest BCUT2D eigenvalue weighted by atomic mass is 35.5. The van der Waals surface area contributed by atoms with Gasteiger partial charge in [-0.2, -0.15) is 0 Å². The standard InChI is InChI=1S/C23H21ClFN5O2S/c1-14-2-5-17(6-3-14)33(31,32)30-13-19(18-10-15(24)4-7-21(18)30)22-27-12-20(25)23(29-22)28-16-8-9-26-11-16/h2-7,10,12-13,16,26H,8-9,11H2,1H3,(H,27,28,29)/t16-/m1/s1. The Bertz CT molecular complexity index is 1450. The predicted molar refractivity (Wildman–Crippen MR) is 127 cm³/mol. The van der Waals surface area contributed by atoms with Gasteiger partial charge in [-0.25, -0.2) is 26.7 Å². The minimum absolute atomic E-state index is 0.0555. The van der Waals surface area contributed by atoms with Crippen LogP contribution in [-0.4, -0.2) is 41.5 Å². The molecule has 0 saturated carbocycles. The molecule has 2 aromatic heterocycles. The fraction of sp³-hybridized carbons (Fsp3) is 0.217. The molecule has 2 aromatic carbocycles. The van der Waals surface area contributed by atoms with E-state index in [1.807, 2.05) is 6.92 Å². The van der Waals surface area contributed by atoms with Crippen molar-refractivity contribution in [1.82, 2.24) is 19.3 Å². The summed E-state index contributed by atoms with van der Waals surface area (Å²) in [5, 5.41) is 7.31. The molecule has 0 spiro atoms. The minimum Gasteiger partial charge on any atom is -0.363 e. The summed E-state index contributed by atoms with van der Waals surface area (Å²) >= 11 is 6.23. The molecule has 1 aliphatic heterocycles. The van der Waals surface area contributed by atoms with E-state index in [1.165, 1.54) is 10.2 Å². The number of nitrogens with one attached hydrogen (secondary N) is 2. The van der Waals surface area contributed by atoms with E-state index in [1.54, 1.807) is 42.5 Å². The predicted octanol–water partition coefficient (Wildman–Crippen LogP) is 4.21. The number of rotatable bonds is 5. The largest absolute Gasteiger partial charge is 0.363 e. The number of benzene rings is 2. The Morgan fingerprint density at radius 3 is 2.73 bits per heavy atom. The van der Waals surface area contributed by atoms with Gasteiger partial charge in [0.05, 0.1) is 16.6 Å². The van der Waals surface area contributed by atoms with Crippen LogP contribution in [0.25, 0.3) is 22.3 Å². The summed E-state index contributed by atoms with van der Waals surface area (Å²) in [6.07, 6.45) is 3.40. The summed E-state index contributed by atoms with van der Waals surface area (Å²) in [7, 11) is -3.90. The third-order valence-corrected chi connectivity index (χ3v) is 7.62. The lowest BCUT2D eigenvalue weighted by atomic mass is 10.1. The van der Waals surface area contributed by atoms with Crippen LogP contribution in [0.1, 0.15) is 12.0 Å². The summed E-state index contributed by atoms with van der Waals surface area (Å²) in [6, 6.07) is 11.6.